The number of aromatic hydroxyl groups is 1. The zero-order chi connectivity index (χ0) is 15.6. The van der Waals surface area contributed by atoms with Crippen LogP contribution in [0.3, 0.4) is 0 Å². The fourth-order valence-electron chi connectivity index (χ4n) is 1.72. The molecule has 0 spiro atoms. The number of anilines is 1. The van der Waals surface area contributed by atoms with Crippen LogP contribution in [0.1, 0.15) is 11.1 Å². The molecule has 5 nitrogen and oxygen atoms in total. The molecule has 2 aromatic rings. The average molecular weight is 323 g/mol. The highest BCUT2D eigenvalue weighted by Gasteiger charge is 2.16. The molecule has 0 unspecified atom stereocenters. The normalized spacial score (nSPS) is 10.9. The van der Waals surface area contributed by atoms with Gasteiger partial charge in [0.15, 0.2) is 0 Å². The third-order valence-electron chi connectivity index (χ3n) is 2.83. The van der Waals surface area contributed by atoms with Gasteiger partial charge < -0.3 is 5.11 Å². The number of nitrogens with zero attached hydrogens (tertiary/aromatic N) is 1. The SMILES string of the molecule is Cc1cc(S(=O)(=O)Nc2ccc(Cl)c(O)c2)ccc1C#N. The minimum Gasteiger partial charge on any atom is -0.506 e. The van der Waals surface area contributed by atoms with Crippen LogP contribution in [0.25, 0.3) is 0 Å². The lowest BCUT2D eigenvalue weighted by Gasteiger charge is -2.10. The van der Waals surface area contributed by atoms with Gasteiger partial charge in [-0.15, -0.1) is 0 Å². The Balaban J connectivity index is 2.36. The Morgan fingerprint density at radius 2 is 1.95 bits per heavy atom. The zero-order valence-corrected chi connectivity index (χ0v) is 12.5. The highest BCUT2D eigenvalue weighted by atomic mass is 35.5. The predicted octanol–water partition coefficient (Wildman–Crippen LogP) is 3.03. The van der Waals surface area contributed by atoms with Crippen molar-refractivity contribution in [1.82, 2.24) is 0 Å². The number of rotatable bonds is 3. The Morgan fingerprint density at radius 3 is 2.52 bits per heavy atom. The Hall–Kier alpha value is -2.23. The van der Waals surface area contributed by atoms with Crippen LogP contribution in [0.15, 0.2) is 41.3 Å². The maximum atomic E-state index is 12.2. The van der Waals surface area contributed by atoms with Gasteiger partial charge in [-0.05, 0) is 42.8 Å². The molecule has 2 N–H and O–H groups in total. The van der Waals surface area contributed by atoms with Crippen LogP contribution in [0, 0.1) is 18.3 Å². The van der Waals surface area contributed by atoms with Crippen molar-refractivity contribution in [3.8, 4) is 11.8 Å². The monoisotopic (exact) mass is 322 g/mol. The second kappa shape index (κ2) is 5.64. The van der Waals surface area contributed by atoms with Gasteiger partial charge in [0.25, 0.3) is 10.0 Å². The number of hydrogen-bond acceptors (Lipinski definition) is 4. The van der Waals surface area contributed by atoms with E-state index in [-0.39, 0.29) is 21.4 Å². The van der Waals surface area contributed by atoms with Gasteiger partial charge in [-0.25, -0.2) is 8.42 Å². The van der Waals surface area contributed by atoms with Gasteiger partial charge in [0.1, 0.15) is 5.75 Å². The minimum atomic E-state index is -3.80. The van der Waals surface area contributed by atoms with Crippen molar-refractivity contribution < 1.29 is 13.5 Å². The molecule has 0 amide bonds. The summed E-state index contributed by atoms with van der Waals surface area (Å²) in [4.78, 5) is 0.0356. The molecule has 0 radical (unpaired) electrons. The predicted molar refractivity (Wildman–Crippen MR) is 79.8 cm³/mol. The number of sulfonamides is 1. The molecule has 0 heterocycles. The molecule has 0 saturated heterocycles. The van der Waals surface area contributed by atoms with Crippen molar-refractivity contribution in [2.24, 2.45) is 0 Å². The highest BCUT2D eigenvalue weighted by molar-refractivity contribution is 7.92. The molecule has 108 valence electrons. The van der Waals surface area contributed by atoms with Crippen molar-refractivity contribution in [3.05, 3.63) is 52.5 Å². The smallest absolute Gasteiger partial charge is 0.261 e. The largest absolute Gasteiger partial charge is 0.506 e. The molecule has 0 aromatic heterocycles. The first-order valence-electron chi connectivity index (χ1n) is 5.85. The van der Waals surface area contributed by atoms with Gasteiger partial charge in [-0.2, -0.15) is 5.26 Å². The zero-order valence-electron chi connectivity index (χ0n) is 11.0. The molecule has 2 rings (SSSR count). The second-order valence-electron chi connectivity index (χ2n) is 4.36. The van der Waals surface area contributed by atoms with E-state index in [4.69, 9.17) is 16.9 Å². The van der Waals surface area contributed by atoms with Gasteiger partial charge in [0.2, 0.25) is 0 Å². The van der Waals surface area contributed by atoms with Crippen molar-refractivity contribution >= 4 is 27.3 Å². The molecule has 2 aromatic carbocycles. The summed E-state index contributed by atoms with van der Waals surface area (Å²) in [5.74, 6) is -0.215. The van der Waals surface area contributed by atoms with E-state index in [1.54, 1.807) is 6.92 Å². The average Bonchev–Trinajstić information content (AvgIpc) is 2.42. The van der Waals surface area contributed by atoms with Gasteiger partial charge in [-0.1, -0.05) is 11.6 Å². The summed E-state index contributed by atoms with van der Waals surface area (Å²) in [5.41, 5.74) is 1.18. The summed E-state index contributed by atoms with van der Waals surface area (Å²) in [6, 6.07) is 10.2. The first kappa shape index (κ1) is 15.2. The maximum absolute atomic E-state index is 12.2. The van der Waals surface area contributed by atoms with Crippen LogP contribution >= 0.6 is 11.6 Å². The summed E-state index contributed by atoms with van der Waals surface area (Å²) >= 11 is 5.67. The standard InChI is InChI=1S/C14H11ClN2O3S/c1-9-6-12(4-2-10(9)8-16)21(19,20)17-11-3-5-13(15)14(18)7-11/h2-7,17-18H,1H3. The molecular weight excluding hydrogens is 312 g/mol. The molecule has 0 aliphatic rings. The molecule has 0 saturated carbocycles. The minimum absolute atomic E-state index is 0.0356. The van der Waals surface area contributed by atoms with E-state index in [1.807, 2.05) is 6.07 Å². The van der Waals surface area contributed by atoms with Crippen molar-refractivity contribution in [3.63, 3.8) is 0 Å². The van der Waals surface area contributed by atoms with Crippen molar-refractivity contribution in [2.45, 2.75) is 11.8 Å². The summed E-state index contributed by atoms with van der Waals surface area (Å²) in [6.07, 6.45) is 0. The second-order valence-corrected chi connectivity index (χ2v) is 6.45. The highest BCUT2D eigenvalue weighted by Crippen LogP contribution is 2.27. The van der Waals surface area contributed by atoms with Crippen LogP contribution < -0.4 is 4.72 Å². The molecule has 0 atom stereocenters. The lowest BCUT2D eigenvalue weighted by Crippen LogP contribution is -2.13. The van der Waals surface area contributed by atoms with Crippen LogP contribution in [0.2, 0.25) is 5.02 Å². The molecule has 0 aliphatic carbocycles. The van der Waals surface area contributed by atoms with E-state index in [0.717, 1.165) is 0 Å². The van der Waals surface area contributed by atoms with Gasteiger partial charge in [0, 0.05) is 6.07 Å². The summed E-state index contributed by atoms with van der Waals surface area (Å²) < 4.78 is 26.8. The topological polar surface area (TPSA) is 90.2 Å². The molecule has 21 heavy (non-hydrogen) atoms. The number of phenolic OH excluding ortho intramolecular Hbond substituents is 1. The fourth-order valence-corrected chi connectivity index (χ4v) is 2.97. The fraction of sp³-hybridized carbons (Fsp3) is 0.0714. The lowest BCUT2D eigenvalue weighted by molar-refractivity contribution is 0.476. The molecule has 0 fully saturated rings. The number of nitriles is 1. The third kappa shape index (κ3) is 3.27. The van der Waals surface area contributed by atoms with E-state index in [1.165, 1.54) is 36.4 Å². The Kier molecular flexibility index (Phi) is 4.07. The van der Waals surface area contributed by atoms with E-state index in [0.29, 0.717) is 11.1 Å². The Labute approximate surface area is 127 Å². The number of halogens is 1. The van der Waals surface area contributed by atoms with E-state index < -0.39 is 10.0 Å². The number of hydrogen-bond donors (Lipinski definition) is 2. The Bertz CT molecular complexity index is 842. The first-order valence-corrected chi connectivity index (χ1v) is 7.71. The quantitative estimate of drug-likeness (QED) is 0.908. The van der Waals surface area contributed by atoms with Crippen LogP contribution in [-0.2, 0) is 10.0 Å². The number of phenols is 1. The van der Waals surface area contributed by atoms with Gasteiger partial charge >= 0.3 is 0 Å². The molecular formula is C14H11ClN2O3S. The third-order valence-corrected chi connectivity index (χ3v) is 4.53. The Morgan fingerprint density at radius 1 is 1.24 bits per heavy atom. The number of benzene rings is 2. The number of nitrogens with one attached hydrogen (secondary N) is 1. The van der Waals surface area contributed by atoms with Gasteiger partial charge in [0.05, 0.1) is 27.2 Å². The van der Waals surface area contributed by atoms with Crippen molar-refractivity contribution in [2.75, 3.05) is 4.72 Å². The summed E-state index contributed by atoms with van der Waals surface area (Å²) in [7, 11) is -3.80. The van der Waals surface area contributed by atoms with E-state index in [9.17, 15) is 13.5 Å². The molecule has 7 heteroatoms. The lowest BCUT2D eigenvalue weighted by atomic mass is 10.1. The van der Waals surface area contributed by atoms with Gasteiger partial charge in [-0.3, -0.25) is 4.72 Å². The van der Waals surface area contributed by atoms with E-state index >= 15 is 0 Å². The summed E-state index contributed by atoms with van der Waals surface area (Å²) in [6.45, 7) is 1.66. The summed E-state index contributed by atoms with van der Waals surface area (Å²) in [5, 5.41) is 18.5. The van der Waals surface area contributed by atoms with Crippen LogP contribution in [0.5, 0.6) is 5.75 Å². The molecule has 0 aliphatic heterocycles. The molecule has 0 bridgehead atoms. The number of aryl methyl sites for hydroxylation is 1. The van der Waals surface area contributed by atoms with Crippen LogP contribution in [0.4, 0.5) is 5.69 Å². The van der Waals surface area contributed by atoms with E-state index in [2.05, 4.69) is 4.72 Å². The van der Waals surface area contributed by atoms with Crippen LogP contribution in [-0.4, -0.2) is 13.5 Å². The maximum Gasteiger partial charge on any atom is 0.261 e. The first-order chi connectivity index (χ1) is 9.83. The van der Waals surface area contributed by atoms with Crippen molar-refractivity contribution in [1.29, 1.82) is 5.26 Å².